The van der Waals surface area contributed by atoms with Crippen molar-refractivity contribution in [3.63, 3.8) is 0 Å². The Morgan fingerprint density at radius 2 is 2.17 bits per heavy atom. The Hall–Kier alpha value is -1.58. The van der Waals surface area contributed by atoms with E-state index in [1.54, 1.807) is 13.0 Å². The summed E-state index contributed by atoms with van der Waals surface area (Å²) < 4.78 is 13.4. The molecule has 2 amide bonds. The molecule has 1 unspecified atom stereocenters. The lowest BCUT2D eigenvalue weighted by Gasteiger charge is -2.27. The lowest BCUT2D eigenvalue weighted by atomic mass is 9.93. The number of urea groups is 1. The predicted octanol–water partition coefficient (Wildman–Crippen LogP) is 3.05. The maximum atomic E-state index is 13.4. The molecule has 18 heavy (non-hydrogen) atoms. The molecular formula is C14H19FN2O. The standard InChI is InChI=1S/C14H19FN2O/c1-9-6-7-11(8-13(9)15)10(2)16-14(18)17-12-4-3-5-12/h6-8,10,12H,3-5H2,1-2H3,(H2,16,17,18). The van der Waals surface area contributed by atoms with Gasteiger partial charge >= 0.3 is 6.03 Å². The highest BCUT2D eigenvalue weighted by molar-refractivity contribution is 5.74. The number of aryl methyl sites for hydroxylation is 1. The molecule has 0 radical (unpaired) electrons. The van der Waals surface area contributed by atoms with Gasteiger partial charge in [-0.2, -0.15) is 0 Å². The fourth-order valence-corrected chi connectivity index (χ4v) is 1.94. The van der Waals surface area contributed by atoms with E-state index in [0.29, 0.717) is 11.6 Å². The number of hydrogen-bond donors (Lipinski definition) is 2. The summed E-state index contributed by atoms with van der Waals surface area (Å²) in [5.41, 5.74) is 1.40. The third-order valence-corrected chi connectivity index (χ3v) is 3.48. The van der Waals surface area contributed by atoms with Crippen LogP contribution < -0.4 is 10.6 Å². The third kappa shape index (κ3) is 3.00. The average Bonchev–Trinajstić information content (AvgIpc) is 2.27. The monoisotopic (exact) mass is 250 g/mol. The summed E-state index contributed by atoms with van der Waals surface area (Å²) >= 11 is 0. The molecule has 1 aliphatic carbocycles. The second-order valence-corrected chi connectivity index (χ2v) is 4.98. The number of rotatable bonds is 3. The zero-order chi connectivity index (χ0) is 13.1. The van der Waals surface area contributed by atoms with Crippen molar-refractivity contribution in [2.75, 3.05) is 0 Å². The van der Waals surface area contributed by atoms with E-state index >= 15 is 0 Å². The molecule has 1 aromatic rings. The molecule has 1 atom stereocenters. The highest BCUT2D eigenvalue weighted by atomic mass is 19.1. The van der Waals surface area contributed by atoms with Gasteiger partial charge in [-0.15, -0.1) is 0 Å². The van der Waals surface area contributed by atoms with Crippen LogP contribution in [-0.4, -0.2) is 12.1 Å². The lowest BCUT2D eigenvalue weighted by molar-refractivity contribution is 0.225. The van der Waals surface area contributed by atoms with Gasteiger partial charge in [0.25, 0.3) is 0 Å². The Bertz CT molecular complexity index is 443. The molecule has 1 fully saturated rings. The van der Waals surface area contributed by atoms with Gasteiger partial charge in [0.2, 0.25) is 0 Å². The number of amides is 2. The van der Waals surface area contributed by atoms with E-state index in [1.165, 1.54) is 12.5 Å². The minimum Gasteiger partial charge on any atom is -0.335 e. The molecule has 3 nitrogen and oxygen atoms in total. The SMILES string of the molecule is Cc1ccc(C(C)NC(=O)NC2CCC2)cc1F. The highest BCUT2D eigenvalue weighted by Gasteiger charge is 2.20. The van der Waals surface area contributed by atoms with Crippen molar-refractivity contribution < 1.29 is 9.18 Å². The second kappa shape index (κ2) is 5.38. The van der Waals surface area contributed by atoms with E-state index in [-0.39, 0.29) is 17.9 Å². The number of halogens is 1. The number of benzene rings is 1. The van der Waals surface area contributed by atoms with Crippen molar-refractivity contribution in [1.29, 1.82) is 0 Å². The van der Waals surface area contributed by atoms with Gasteiger partial charge in [0, 0.05) is 6.04 Å². The Balaban J connectivity index is 1.91. The van der Waals surface area contributed by atoms with Crippen LogP contribution in [0.25, 0.3) is 0 Å². The van der Waals surface area contributed by atoms with Crippen molar-refractivity contribution in [3.8, 4) is 0 Å². The molecule has 1 aliphatic rings. The normalized spacial score (nSPS) is 16.8. The summed E-state index contributed by atoms with van der Waals surface area (Å²) in [6, 6.07) is 4.99. The molecule has 1 aromatic carbocycles. The number of carbonyl (C=O) groups excluding carboxylic acids is 1. The Labute approximate surface area is 107 Å². The Kier molecular flexibility index (Phi) is 3.84. The molecule has 0 bridgehead atoms. The zero-order valence-electron chi connectivity index (χ0n) is 10.8. The first-order chi connectivity index (χ1) is 8.56. The maximum Gasteiger partial charge on any atom is 0.315 e. The third-order valence-electron chi connectivity index (χ3n) is 3.48. The topological polar surface area (TPSA) is 41.1 Å². The van der Waals surface area contributed by atoms with Gasteiger partial charge in [-0.1, -0.05) is 12.1 Å². The number of carbonyl (C=O) groups is 1. The van der Waals surface area contributed by atoms with Gasteiger partial charge in [0.15, 0.2) is 0 Å². The van der Waals surface area contributed by atoms with Gasteiger partial charge < -0.3 is 10.6 Å². The largest absolute Gasteiger partial charge is 0.335 e. The molecule has 0 aliphatic heterocycles. The van der Waals surface area contributed by atoms with Crippen molar-refractivity contribution in [2.24, 2.45) is 0 Å². The fourth-order valence-electron chi connectivity index (χ4n) is 1.94. The van der Waals surface area contributed by atoms with Gasteiger partial charge in [-0.05, 0) is 50.3 Å². The summed E-state index contributed by atoms with van der Waals surface area (Å²) in [6.07, 6.45) is 3.30. The van der Waals surface area contributed by atoms with E-state index < -0.39 is 0 Å². The lowest BCUT2D eigenvalue weighted by Crippen LogP contribution is -2.45. The van der Waals surface area contributed by atoms with Crippen LogP contribution in [0.1, 0.15) is 43.4 Å². The van der Waals surface area contributed by atoms with Crippen LogP contribution >= 0.6 is 0 Å². The quantitative estimate of drug-likeness (QED) is 0.850. The van der Waals surface area contributed by atoms with Crippen LogP contribution in [0.5, 0.6) is 0 Å². The Morgan fingerprint density at radius 3 is 2.72 bits per heavy atom. The van der Waals surface area contributed by atoms with Crippen molar-refractivity contribution >= 4 is 6.03 Å². The number of nitrogens with one attached hydrogen (secondary N) is 2. The predicted molar refractivity (Wildman–Crippen MR) is 68.9 cm³/mol. The molecule has 1 saturated carbocycles. The molecule has 2 rings (SSSR count). The summed E-state index contributed by atoms with van der Waals surface area (Å²) in [4.78, 5) is 11.7. The minimum atomic E-state index is -0.236. The van der Waals surface area contributed by atoms with Crippen LogP contribution in [0.2, 0.25) is 0 Å². The van der Waals surface area contributed by atoms with Gasteiger partial charge in [0.1, 0.15) is 5.82 Å². The number of hydrogen-bond acceptors (Lipinski definition) is 1. The molecule has 0 spiro atoms. The van der Waals surface area contributed by atoms with E-state index in [0.717, 1.165) is 18.4 Å². The molecular weight excluding hydrogens is 231 g/mol. The smallest absolute Gasteiger partial charge is 0.315 e. The van der Waals surface area contributed by atoms with E-state index in [4.69, 9.17) is 0 Å². The molecule has 0 heterocycles. The maximum absolute atomic E-state index is 13.4. The van der Waals surface area contributed by atoms with E-state index in [2.05, 4.69) is 10.6 Å². The average molecular weight is 250 g/mol. The van der Waals surface area contributed by atoms with Crippen molar-refractivity contribution in [2.45, 2.75) is 45.2 Å². The van der Waals surface area contributed by atoms with Crippen LogP contribution in [0.15, 0.2) is 18.2 Å². The zero-order valence-corrected chi connectivity index (χ0v) is 10.8. The molecule has 0 saturated heterocycles. The Morgan fingerprint density at radius 1 is 1.44 bits per heavy atom. The molecule has 4 heteroatoms. The van der Waals surface area contributed by atoms with E-state index in [9.17, 15) is 9.18 Å². The van der Waals surface area contributed by atoms with E-state index in [1.807, 2.05) is 13.0 Å². The van der Waals surface area contributed by atoms with Gasteiger partial charge in [0.05, 0.1) is 6.04 Å². The van der Waals surface area contributed by atoms with Gasteiger partial charge in [-0.3, -0.25) is 0 Å². The first kappa shape index (κ1) is 12.9. The van der Waals surface area contributed by atoms with Crippen molar-refractivity contribution in [1.82, 2.24) is 10.6 Å². The molecule has 2 N–H and O–H groups in total. The van der Waals surface area contributed by atoms with Gasteiger partial charge in [-0.25, -0.2) is 9.18 Å². The second-order valence-electron chi connectivity index (χ2n) is 4.98. The summed E-state index contributed by atoms with van der Waals surface area (Å²) in [5, 5.41) is 5.72. The fraction of sp³-hybridized carbons (Fsp3) is 0.500. The van der Waals surface area contributed by atoms with Crippen LogP contribution in [0.3, 0.4) is 0 Å². The first-order valence-electron chi connectivity index (χ1n) is 6.39. The first-order valence-corrected chi connectivity index (χ1v) is 6.39. The summed E-state index contributed by atoms with van der Waals surface area (Å²) in [6.45, 7) is 3.57. The van der Waals surface area contributed by atoms with Crippen molar-refractivity contribution in [3.05, 3.63) is 35.1 Å². The van der Waals surface area contributed by atoms with Crippen LogP contribution in [0.4, 0.5) is 9.18 Å². The van der Waals surface area contributed by atoms with Crippen LogP contribution in [-0.2, 0) is 0 Å². The molecule has 98 valence electrons. The molecule has 0 aromatic heterocycles. The van der Waals surface area contributed by atoms with Crippen LogP contribution in [0, 0.1) is 12.7 Å². The summed E-state index contributed by atoms with van der Waals surface area (Å²) in [5.74, 6) is -0.236. The summed E-state index contributed by atoms with van der Waals surface area (Å²) in [7, 11) is 0. The minimum absolute atomic E-state index is 0.173. The highest BCUT2D eigenvalue weighted by Crippen LogP contribution is 2.19.